The molecule has 0 saturated heterocycles. The van der Waals surface area contributed by atoms with Gasteiger partial charge in [-0.15, -0.1) is 0 Å². The standard InChI is InChI=1S/C21H17NO4.BrH/c1-12-19-14(10-18-21(12)26-8-7-25-18)5-6-22-11-15-13(9-16(19)22)3-4-17(24-2)20(15)23;/h3-6,9-11H,7-8H2,1-2H3;1H. The van der Waals surface area contributed by atoms with E-state index in [4.69, 9.17) is 14.2 Å². The number of aromatic nitrogens is 1. The number of hydrogen-bond acceptors (Lipinski definition) is 4. The molecule has 1 aliphatic rings. The van der Waals surface area contributed by atoms with Crippen LogP contribution in [0.3, 0.4) is 0 Å². The number of methoxy groups -OCH3 is 1. The zero-order valence-electron chi connectivity index (χ0n) is 15.0. The zero-order chi connectivity index (χ0) is 17.8. The van der Waals surface area contributed by atoms with E-state index in [9.17, 15) is 5.11 Å². The number of hydrogen-bond donors (Lipinski definition) is 1. The van der Waals surface area contributed by atoms with E-state index in [0.29, 0.717) is 19.0 Å². The van der Waals surface area contributed by atoms with Crippen LogP contribution in [0.25, 0.3) is 27.1 Å². The summed E-state index contributed by atoms with van der Waals surface area (Å²) in [5, 5.41) is 14.4. The molecule has 0 aliphatic carbocycles. The summed E-state index contributed by atoms with van der Waals surface area (Å²) in [6, 6.07) is 9.91. The highest BCUT2D eigenvalue weighted by Gasteiger charge is 2.22. The molecule has 2 aromatic carbocycles. The van der Waals surface area contributed by atoms with Gasteiger partial charge in [0, 0.05) is 17.7 Å². The molecule has 0 fully saturated rings. The number of aryl methyl sites for hydroxylation is 1. The van der Waals surface area contributed by atoms with Crippen LogP contribution in [0.1, 0.15) is 5.56 Å². The minimum Gasteiger partial charge on any atom is -1.00 e. The lowest BCUT2D eigenvalue weighted by atomic mass is 10.0. The quantitative estimate of drug-likeness (QED) is 0.273. The van der Waals surface area contributed by atoms with E-state index < -0.39 is 0 Å². The van der Waals surface area contributed by atoms with Crippen molar-refractivity contribution in [2.24, 2.45) is 0 Å². The number of ether oxygens (including phenoxy) is 3. The summed E-state index contributed by atoms with van der Waals surface area (Å²) < 4.78 is 18.9. The van der Waals surface area contributed by atoms with Gasteiger partial charge < -0.3 is 36.3 Å². The van der Waals surface area contributed by atoms with Crippen molar-refractivity contribution in [2.45, 2.75) is 6.92 Å². The largest absolute Gasteiger partial charge is 1.00 e. The number of phenols is 1. The molecule has 0 radical (unpaired) electrons. The van der Waals surface area contributed by atoms with Crippen LogP contribution in [0.15, 0.2) is 42.7 Å². The van der Waals surface area contributed by atoms with E-state index in [1.807, 2.05) is 28.9 Å². The van der Waals surface area contributed by atoms with Gasteiger partial charge in [-0.05, 0) is 35.9 Å². The Morgan fingerprint density at radius 2 is 1.89 bits per heavy atom. The van der Waals surface area contributed by atoms with Crippen LogP contribution in [-0.2, 0) is 0 Å². The van der Waals surface area contributed by atoms with Crippen LogP contribution in [0.2, 0.25) is 0 Å². The highest BCUT2D eigenvalue weighted by Crippen LogP contribution is 2.40. The number of benzene rings is 2. The Morgan fingerprint density at radius 3 is 2.70 bits per heavy atom. The molecule has 5 rings (SSSR count). The third-order valence-corrected chi connectivity index (χ3v) is 5.05. The van der Waals surface area contributed by atoms with Crippen LogP contribution in [0, 0.1) is 6.92 Å². The average molecular weight is 428 g/mol. The van der Waals surface area contributed by atoms with Gasteiger partial charge in [0.1, 0.15) is 13.2 Å². The lowest BCUT2D eigenvalue weighted by molar-refractivity contribution is -0.509. The Labute approximate surface area is 166 Å². The van der Waals surface area contributed by atoms with E-state index in [-0.39, 0.29) is 22.7 Å². The second-order valence-electron chi connectivity index (χ2n) is 6.49. The van der Waals surface area contributed by atoms with Crippen LogP contribution >= 0.6 is 0 Å². The Balaban J connectivity index is 0.00000180. The van der Waals surface area contributed by atoms with Crippen LogP contribution in [0.5, 0.6) is 23.0 Å². The molecule has 27 heavy (non-hydrogen) atoms. The van der Waals surface area contributed by atoms with Crippen molar-refractivity contribution >= 4 is 27.1 Å². The Bertz CT molecular complexity index is 1210. The summed E-state index contributed by atoms with van der Waals surface area (Å²) in [6.07, 6.45) is 3.92. The smallest absolute Gasteiger partial charge is 0.219 e. The molecule has 0 unspecified atom stereocenters. The Morgan fingerprint density at radius 1 is 1.07 bits per heavy atom. The number of fused-ring (bicyclic) bond motifs is 5. The third-order valence-electron chi connectivity index (χ3n) is 5.05. The summed E-state index contributed by atoms with van der Waals surface area (Å²) in [5.41, 5.74) is 2.11. The van der Waals surface area contributed by atoms with Crippen molar-refractivity contribution in [1.29, 1.82) is 0 Å². The van der Waals surface area contributed by atoms with Gasteiger partial charge in [-0.1, -0.05) is 0 Å². The molecule has 5 nitrogen and oxygen atoms in total. The first-order chi connectivity index (χ1) is 12.7. The molecule has 0 saturated carbocycles. The Kier molecular flexibility index (Phi) is 4.23. The van der Waals surface area contributed by atoms with Crippen LogP contribution in [0.4, 0.5) is 0 Å². The molecular formula is C21H18BrNO4. The maximum atomic E-state index is 10.5. The molecule has 6 heteroatoms. The molecule has 0 amide bonds. The predicted octanol–water partition coefficient (Wildman–Crippen LogP) is 0.530. The van der Waals surface area contributed by atoms with E-state index in [1.54, 1.807) is 13.2 Å². The van der Waals surface area contributed by atoms with Crippen molar-refractivity contribution in [3.63, 3.8) is 0 Å². The molecule has 1 N–H and O–H groups in total. The van der Waals surface area contributed by atoms with Gasteiger partial charge in [0.25, 0.3) is 0 Å². The predicted molar refractivity (Wildman–Crippen MR) is 98.6 cm³/mol. The van der Waals surface area contributed by atoms with Crippen molar-refractivity contribution in [1.82, 2.24) is 0 Å². The lowest BCUT2D eigenvalue weighted by Gasteiger charge is -2.21. The van der Waals surface area contributed by atoms with Gasteiger partial charge in [-0.2, -0.15) is 4.40 Å². The second kappa shape index (κ2) is 6.46. The minimum absolute atomic E-state index is 0. The maximum absolute atomic E-state index is 10.5. The monoisotopic (exact) mass is 427 g/mol. The SMILES string of the molecule is COc1ccc2cc3c4c(C)c5c(cc4cc[n+]3cc2c1O)OCCO5.[Br-]. The number of phenolic OH excluding ortho intramolecular Hbond substituents is 1. The number of aromatic hydroxyl groups is 1. The fourth-order valence-electron chi connectivity index (χ4n) is 3.79. The maximum Gasteiger partial charge on any atom is 0.219 e. The van der Waals surface area contributed by atoms with Crippen molar-refractivity contribution in [3.8, 4) is 23.0 Å². The van der Waals surface area contributed by atoms with E-state index in [2.05, 4.69) is 19.1 Å². The number of nitrogens with zero attached hydrogens (tertiary/aromatic N) is 1. The third kappa shape index (κ3) is 2.55. The second-order valence-corrected chi connectivity index (χ2v) is 6.49. The fourth-order valence-corrected chi connectivity index (χ4v) is 3.79. The highest BCUT2D eigenvalue weighted by atomic mass is 79.9. The normalized spacial score (nSPS) is 13.0. The molecule has 0 spiro atoms. The number of rotatable bonds is 1. The molecule has 4 aromatic rings. The molecule has 138 valence electrons. The van der Waals surface area contributed by atoms with Crippen molar-refractivity contribution in [2.75, 3.05) is 20.3 Å². The van der Waals surface area contributed by atoms with Gasteiger partial charge in [-0.3, -0.25) is 0 Å². The van der Waals surface area contributed by atoms with Gasteiger partial charge in [0.2, 0.25) is 5.52 Å². The molecule has 2 aromatic heterocycles. The van der Waals surface area contributed by atoms with Crippen LogP contribution < -0.4 is 35.6 Å². The fraction of sp³-hybridized carbons (Fsp3) is 0.190. The molecule has 0 atom stereocenters. The lowest BCUT2D eigenvalue weighted by Crippen LogP contribution is -3.00. The summed E-state index contributed by atoms with van der Waals surface area (Å²) in [7, 11) is 1.55. The molecule has 1 aliphatic heterocycles. The summed E-state index contributed by atoms with van der Waals surface area (Å²) in [6.45, 7) is 3.20. The first-order valence-corrected chi connectivity index (χ1v) is 8.54. The molecule has 3 heterocycles. The first-order valence-electron chi connectivity index (χ1n) is 8.54. The minimum atomic E-state index is 0. The van der Waals surface area contributed by atoms with E-state index >= 15 is 0 Å². The topological polar surface area (TPSA) is 52.0 Å². The average Bonchev–Trinajstić information content (AvgIpc) is 2.67. The van der Waals surface area contributed by atoms with E-state index in [1.165, 1.54) is 0 Å². The van der Waals surface area contributed by atoms with Gasteiger partial charge in [-0.25, -0.2) is 0 Å². The highest BCUT2D eigenvalue weighted by molar-refractivity contribution is 6.02. The van der Waals surface area contributed by atoms with E-state index in [0.717, 1.165) is 44.1 Å². The zero-order valence-corrected chi connectivity index (χ0v) is 16.5. The summed E-state index contributed by atoms with van der Waals surface area (Å²) in [5.74, 6) is 2.23. The number of halogens is 1. The number of pyridine rings is 2. The van der Waals surface area contributed by atoms with Crippen molar-refractivity contribution < 1.29 is 40.7 Å². The van der Waals surface area contributed by atoms with Crippen LogP contribution in [-0.4, -0.2) is 25.4 Å². The summed E-state index contributed by atoms with van der Waals surface area (Å²) in [4.78, 5) is 0. The summed E-state index contributed by atoms with van der Waals surface area (Å²) >= 11 is 0. The first kappa shape index (κ1) is 17.7. The van der Waals surface area contributed by atoms with Gasteiger partial charge in [0.15, 0.2) is 35.4 Å². The van der Waals surface area contributed by atoms with Gasteiger partial charge >= 0.3 is 0 Å². The molecular weight excluding hydrogens is 410 g/mol. The van der Waals surface area contributed by atoms with Crippen molar-refractivity contribution in [3.05, 3.63) is 48.3 Å². The Hall–Kier alpha value is -2.73. The van der Waals surface area contributed by atoms with Gasteiger partial charge in [0.05, 0.1) is 17.9 Å². The molecule has 0 bridgehead atoms.